The van der Waals surface area contributed by atoms with Crippen molar-refractivity contribution in [3.8, 4) is 24.2 Å². The van der Waals surface area contributed by atoms with E-state index in [1.807, 2.05) is 0 Å². The molecule has 2 aromatic rings. The Labute approximate surface area is 145 Å². The van der Waals surface area contributed by atoms with E-state index in [0.717, 1.165) is 32.4 Å². The fourth-order valence-electron chi connectivity index (χ4n) is 2.62. The van der Waals surface area contributed by atoms with Gasteiger partial charge in [0.1, 0.15) is 5.52 Å². The molecular formula is C17H18N6O2. The highest BCUT2D eigenvalue weighted by molar-refractivity contribution is 5.82. The lowest BCUT2D eigenvalue weighted by molar-refractivity contribution is 0.106. The van der Waals surface area contributed by atoms with Crippen molar-refractivity contribution in [3.05, 3.63) is 12.2 Å². The van der Waals surface area contributed by atoms with Gasteiger partial charge in [-0.2, -0.15) is 0 Å². The second-order valence-electron chi connectivity index (χ2n) is 5.59. The Balaban J connectivity index is 1.67. The van der Waals surface area contributed by atoms with Crippen molar-refractivity contribution in [3.63, 3.8) is 0 Å². The number of fused-ring (bicyclic) bond motifs is 1. The van der Waals surface area contributed by atoms with Crippen molar-refractivity contribution in [2.45, 2.75) is 25.8 Å². The number of hydrogen-bond acceptors (Lipinski definition) is 6. The minimum absolute atomic E-state index is 0.0275. The van der Waals surface area contributed by atoms with Crippen LogP contribution in [0.2, 0.25) is 0 Å². The summed E-state index contributed by atoms with van der Waals surface area (Å²) in [6.45, 7) is 1.77. The highest BCUT2D eigenvalue weighted by atomic mass is 16.6. The Morgan fingerprint density at radius 2 is 2.12 bits per heavy atom. The molecule has 0 aromatic carbocycles. The Morgan fingerprint density at radius 3 is 2.88 bits per heavy atom. The van der Waals surface area contributed by atoms with Gasteiger partial charge in [-0.15, -0.1) is 6.42 Å². The topological polar surface area (TPSA) is 99.2 Å². The van der Waals surface area contributed by atoms with Crippen LogP contribution in [0, 0.1) is 24.2 Å². The zero-order valence-corrected chi connectivity index (χ0v) is 13.7. The Morgan fingerprint density at radius 1 is 1.32 bits per heavy atom. The highest BCUT2D eigenvalue weighted by Gasteiger charge is 2.17. The first-order valence-corrected chi connectivity index (χ1v) is 8.01. The van der Waals surface area contributed by atoms with E-state index in [1.54, 1.807) is 15.8 Å². The number of ether oxygens (including phenoxy) is 1. The molecule has 0 unspecified atom stereocenters. The molecule has 1 aliphatic heterocycles. The van der Waals surface area contributed by atoms with Crippen molar-refractivity contribution in [2.24, 2.45) is 0 Å². The summed E-state index contributed by atoms with van der Waals surface area (Å²) in [7, 11) is 0. The first kappa shape index (κ1) is 16.6. The fourth-order valence-corrected chi connectivity index (χ4v) is 2.62. The molecule has 25 heavy (non-hydrogen) atoms. The Kier molecular flexibility index (Phi) is 5.00. The number of likely N-dealkylation sites (tertiary alicyclic amines) is 1. The smallest absolute Gasteiger partial charge is 0.410 e. The molecule has 128 valence electrons. The zero-order chi connectivity index (χ0) is 17.6. The average molecular weight is 338 g/mol. The molecular weight excluding hydrogens is 320 g/mol. The van der Waals surface area contributed by atoms with E-state index in [4.69, 9.17) is 16.9 Å². The summed E-state index contributed by atoms with van der Waals surface area (Å²) in [6.07, 6.45) is 9.73. The van der Waals surface area contributed by atoms with Crippen LogP contribution in [0.1, 0.15) is 25.1 Å². The van der Waals surface area contributed by atoms with Crippen molar-refractivity contribution < 1.29 is 9.53 Å². The van der Waals surface area contributed by atoms with Crippen molar-refractivity contribution in [1.29, 1.82) is 0 Å². The third-order valence-corrected chi connectivity index (χ3v) is 3.83. The molecule has 0 saturated carbocycles. The van der Waals surface area contributed by atoms with Gasteiger partial charge in [-0.3, -0.25) is 0 Å². The van der Waals surface area contributed by atoms with Gasteiger partial charge in [-0.25, -0.2) is 19.7 Å². The number of terminal acetylenes is 1. The predicted molar refractivity (Wildman–Crippen MR) is 92.2 cm³/mol. The minimum atomic E-state index is -0.336. The number of nitrogens with two attached hydrogens (primary N) is 1. The number of imidazole rings is 1. The Bertz CT molecular complexity index is 880. The van der Waals surface area contributed by atoms with Gasteiger partial charge in [-0.05, 0) is 25.2 Å². The number of carbonyl (C=O) groups is 1. The number of anilines is 1. The monoisotopic (exact) mass is 338 g/mol. The molecule has 8 nitrogen and oxygen atoms in total. The van der Waals surface area contributed by atoms with Gasteiger partial charge in [0, 0.05) is 13.1 Å². The molecule has 0 radical (unpaired) electrons. The Hall–Kier alpha value is -3.26. The minimum Gasteiger partial charge on any atom is -0.436 e. The number of rotatable bonds is 2. The highest BCUT2D eigenvalue weighted by Crippen LogP contribution is 2.15. The van der Waals surface area contributed by atoms with Gasteiger partial charge < -0.3 is 19.9 Å². The SMILES string of the molecule is C#CCn1cnc2c(N)nc(C#CCOC(=O)N3CCCCC3)nc21. The van der Waals surface area contributed by atoms with E-state index >= 15 is 0 Å². The van der Waals surface area contributed by atoms with Crippen LogP contribution in [0.15, 0.2) is 6.33 Å². The molecule has 1 fully saturated rings. The summed E-state index contributed by atoms with van der Waals surface area (Å²) in [5, 5.41) is 0. The van der Waals surface area contributed by atoms with Crippen LogP contribution in [0.25, 0.3) is 11.2 Å². The normalized spacial score (nSPS) is 13.8. The van der Waals surface area contributed by atoms with Gasteiger partial charge in [0.15, 0.2) is 18.1 Å². The molecule has 0 bridgehead atoms. The molecule has 3 heterocycles. The second-order valence-corrected chi connectivity index (χ2v) is 5.59. The van der Waals surface area contributed by atoms with Gasteiger partial charge in [-0.1, -0.05) is 11.8 Å². The van der Waals surface area contributed by atoms with E-state index < -0.39 is 0 Å². The van der Waals surface area contributed by atoms with Crippen molar-refractivity contribution in [2.75, 3.05) is 25.4 Å². The van der Waals surface area contributed by atoms with E-state index in [0.29, 0.717) is 17.7 Å². The van der Waals surface area contributed by atoms with Crippen LogP contribution in [0.4, 0.5) is 10.6 Å². The molecule has 0 aliphatic carbocycles. The molecule has 1 saturated heterocycles. The number of nitrogen functional groups attached to an aromatic ring is 1. The van der Waals surface area contributed by atoms with Crippen LogP contribution in [0.3, 0.4) is 0 Å². The van der Waals surface area contributed by atoms with Gasteiger partial charge in [0.25, 0.3) is 0 Å². The number of carbonyl (C=O) groups excluding carboxylic acids is 1. The molecule has 2 aromatic heterocycles. The summed E-state index contributed by atoms with van der Waals surface area (Å²) >= 11 is 0. The standard InChI is InChI=1S/C17H18N6O2/c1-2-8-23-12-19-14-15(18)20-13(21-16(14)23)7-6-11-25-17(24)22-9-4-3-5-10-22/h1,12H,3-5,8-11H2,(H2,18,20,21). The zero-order valence-electron chi connectivity index (χ0n) is 13.7. The predicted octanol–water partition coefficient (Wildman–Crippen LogP) is 1.02. The lowest BCUT2D eigenvalue weighted by atomic mass is 10.1. The van der Waals surface area contributed by atoms with Gasteiger partial charge >= 0.3 is 6.09 Å². The maximum atomic E-state index is 11.9. The van der Waals surface area contributed by atoms with Crippen LogP contribution >= 0.6 is 0 Å². The molecule has 3 rings (SSSR count). The first-order chi connectivity index (χ1) is 12.2. The molecule has 8 heteroatoms. The largest absolute Gasteiger partial charge is 0.436 e. The average Bonchev–Trinajstić information content (AvgIpc) is 3.03. The van der Waals surface area contributed by atoms with Crippen LogP contribution in [-0.4, -0.2) is 50.2 Å². The lowest BCUT2D eigenvalue weighted by Crippen LogP contribution is -2.36. The second kappa shape index (κ2) is 7.54. The number of amides is 1. The quantitative estimate of drug-likeness (QED) is 0.821. The molecule has 0 spiro atoms. The third-order valence-electron chi connectivity index (χ3n) is 3.83. The van der Waals surface area contributed by atoms with E-state index in [1.165, 1.54) is 0 Å². The maximum Gasteiger partial charge on any atom is 0.410 e. The van der Waals surface area contributed by atoms with Crippen LogP contribution in [-0.2, 0) is 11.3 Å². The summed E-state index contributed by atoms with van der Waals surface area (Å²) in [4.78, 5) is 26.1. The summed E-state index contributed by atoms with van der Waals surface area (Å²) in [6, 6.07) is 0. The number of hydrogen-bond donors (Lipinski definition) is 1. The van der Waals surface area contributed by atoms with Crippen molar-refractivity contribution in [1.82, 2.24) is 24.4 Å². The summed E-state index contributed by atoms with van der Waals surface area (Å²) in [5.74, 6) is 8.48. The molecule has 1 aliphatic rings. The molecule has 0 atom stereocenters. The van der Waals surface area contributed by atoms with Crippen LogP contribution in [0.5, 0.6) is 0 Å². The first-order valence-electron chi connectivity index (χ1n) is 8.01. The molecule has 2 N–H and O–H groups in total. The summed E-state index contributed by atoms with van der Waals surface area (Å²) < 4.78 is 6.84. The fraction of sp³-hybridized carbons (Fsp3) is 0.412. The lowest BCUT2D eigenvalue weighted by Gasteiger charge is -2.25. The van der Waals surface area contributed by atoms with E-state index in [2.05, 4.69) is 32.7 Å². The third kappa shape index (κ3) is 3.81. The van der Waals surface area contributed by atoms with Gasteiger partial charge in [0.2, 0.25) is 5.82 Å². The summed E-state index contributed by atoms with van der Waals surface area (Å²) in [5.41, 5.74) is 6.89. The van der Waals surface area contributed by atoms with E-state index in [9.17, 15) is 4.79 Å². The number of nitrogens with zero attached hydrogens (tertiary/aromatic N) is 5. The van der Waals surface area contributed by atoms with Gasteiger partial charge in [0.05, 0.1) is 12.9 Å². The molecule has 1 amide bonds. The van der Waals surface area contributed by atoms with Crippen molar-refractivity contribution >= 4 is 23.1 Å². The number of piperidine rings is 1. The van der Waals surface area contributed by atoms with E-state index in [-0.39, 0.29) is 24.3 Å². The maximum absolute atomic E-state index is 11.9. The van der Waals surface area contributed by atoms with Crippen LogP contribution < -0.4 is 5.73 Å². The number of aromatic nitrogens is 4.